The summed E-state index contributed by atoms with van der Waals surface area (Å²) in [6, 6.07) is 5.00. The molecular formula is C18H33IN4S. The molecule has 0 radical (unpaired) electrons. The number of likely N-dealkylation sites (tertiary alicyclic amines) is 1. The summed E-state index contributed by atoms with van der Waals surface area (Å²) in [6.07, 6.45) is 2.64. The molecule has 138 valence electrons. The molecule has 24 heavy (non-hydrogen) atoms. The molecule has 1 aromatic heterocycles. The molecule has 0 amide bonds. The van der Waals surface area contributed by atoms with Gasteiger partial charge in [-0.3, -0.25) is 9.89 Å². The molecule has 1 aliphatic rings. The second-order valence-electron chi connectivity index (χ2n) is 6.42. The van der Waals surface area contributed by atoms with Crippen LogP contribution in [0.1, 0.15) is 44.4 Å². The van der Waals surface area contributed by atoms with Gasteiger partial charge in [-0.1, -0.05) is 19.9 Å². The van der Waals surface area contributed by atoms with Crippen LogP contribution < -0.4 is 5.32 Å². The third-order valence-corrected chi connectivity index (χ3v) is 5.73. The first-order chi connectivity index (χ1) is 11.2. The van der Waals surface area contributed by atoms with Gasteiger partial charge in [0.15, 0.2) is 5.96 Å². The van der Waals surface area contributed by atoms with E-state index in [4.69, 9.17) is 4.99 Å². The maximum atomic E-state index is 4.88. The number of guanidine groups is 1. The minimum absolute atomic E-state index is 0. The number of hydrogen-bond acceptors (Lipinski definition) is 3. The molecule has 0 bridgehead atoms. The monoisotopic (exact) mass is 464 g/mol. The first-order valence-corrected chi connectivity index (χ1v) is 9.80. The van der Waals surface area contributed by atoms with Crippen molar-refractivity contribution in [1.29, 1.82) is 0 Å². The van der Waals surface area contributed by atoms with Gasteiger partial charge in [-0.2, -0.15) is 0 Å². The Bertz CT molecular complexity index is 477. The maximum Gasteiger partial charge on any atom is 0.193 e. The van der Waals surface area contributed by atoms with Gasteiger partial charge < -0.3 is 10.2 Å². The second kappa shape index (κ2) is 11.3. The number of halogens is 1. The number of nitrogens with zero attached hydrogens (tertiary/aromatic N) is 3. The Balaban J connectivity index is 0.00000288. The van der Waals surface area contributed by atoms with E-state index < -0.39 is 0 Å². The number of hydrogen-bond donors (Lipinski definition) is 1. The van der Waals surface area contributed by atoms with E-state index in [-0.39, 0.29) is 24.0 Å². The number of likely N-dealkylation sites (N-methyl/N-ethyl adjacent to an activating group) is 2. The predicted octanol–water partition coefficient (Wildman–Crippen LogP) is 3.85. The molecule has 1 fully saturated rings. The predicted molar refractivity (Wildman–Crippen MR) is 117 cm³/mol. The van der Waals surface area contributed by atoms with Gasteiger partial charge in [0.25, 0.3) is 0 Å². The third-order valence-electron chi connectivity index (χ3n) is 4.63. The minimum atomic E-state index is 0. The SMILES string of the molecule is CCNC(=NCC(C)c1cccs1)N(C)CC1CCCN1CC.I. The lowest BCUT2D eigenvalue weighted by atomic mass is 10.1. The van der Waals surface area contributed by atoms with Crippen molar-refractivity contribution in [3.63, 3.8) is 0 Å². The highest BCUT2D eigenvalue weighted by Gasteiger charge is 2.25. The standard InChI is InChI=1S/C18H32N4S.HI/c1-5-19-18(20-13-15(3)17-10-8-12-23-17)21(4)14-16-9-7-11-22(16)6-2;/h8,10,12,15-16H,5-7,9,11,13-14H2,1-4H3,(H,19,20);1H. The van der Waals surface area contributed by atoms with E-state index in [1.54, 1.807) is 0 Å². The van der Waals surface area contributed by atoms with Crippen LogP contribution in [-0.4, -0.2) is 61.6 Å². The highest BCUT2D eigenvalue weighted by molar-refractivity contribution is 14.0. The van der Waals surface area contributed by atoms with E-state index in [1.807, 2.05) is 11.3 Å². The molecular weight excluding hydrogens is 431 g/mol. The highest BCUT2D eigenvalue weighted by atomic mass is 127. The Kier molecular flexibility index (Phi) is 10.2. The fraction of sp³-hybridized carbons (Fsp3) is 0.722. The molecule has 4 nitrogen and oxygen atoms in total. The summed E-state index contributed by atoms with van der Waals surface area (Å²) in [5.74, 6) is 1.52. The van der Waals surface area contributed by atoms with Crippen molar-refractivity contribution >= 4 is 41.3 Å². The number of rotatable bonds is 7. The molecule has 2 rings (SSSR count). The molecule has 2 heterocycles. The van der Waals surface area contributed by atoms with Crippen LogP contribution in [0.25, 0.3) is 0 Å². The lowest BCUT2D eigenvalue weighted by Crippen LogP contribution is -2.46. The van der Waals surface area contributed by atoms with Crippen molar-refractivity contribution in [1.82, 2.24) is 15.1 Å². The van der Waals surface area contributed by atoms with E-state index in [1.165, 1.54) is 24.3 Å². The van der Waals surface area contributed by atoms with Crippen molar-refractivity contribution in [2.75, 3.05) is 39.8 Å². The van der Waals surface area contributed by atoms with Crippen molar-refractivity contribution < 1.29 is 0 Å². The molecule has 6 heteroatoms. The van der Waals surface area contributed by atoms with Crippen molar-refractivity contribution in [3.8, 4) is 0 Å². The molecule has 1 N–H and O–H groups in total. The molecule has 2 unspecified atom stereocenters. The largest absolute Gasteiger partial charge is 0.357 e. The molecule has 0 spiro atoms. The van der Waals surface area contributed by atoms with Crippen LogP contribution in [0.3, 0.4) is 0 Å². The second-order valence-corrected chi connectivity index (χ2v) is 7.40. The molecule has 0 aliphatic carbocycles. The van der Waals surface area contributed by atoms with Crippen LogP contribution in [0.2, 0.25) is 0 Å². The third kappa shape index (κ3) is 6.19. The quantitative estimate of drug-likeness (QED) is 0.378. The van der Waals surface area contributed by atoms with Crippen LogP contribution in [-0.2, 0) is 0 Å². The number of nitrogens with one attached hydrogen (secondary N) is 1. The van der Waals surface area contributed by atoms with E-state index in [0.29, 0.717) is 12.0 Å². The van der Waals surface area contributed by atoms with Crippen molar-refractivity contribution in [2.45, 2.75) is 45.6 Å². The van der Waals surface area contributed by atoms with Crippen molar-refractivity contribution in [3.05, 3.63) is 22.4 Å². The molecule has 0 saturated carbocycles. The van der Waals surface area contributed by atoms with Crippen LogP contribution in [0.15, 0.2) is 22.5 Å². The average Bonchev–Trinajstić information content (AvgIpc) is 3.22. The van der Waals surface area contributed by atoms with Gasteiger partial charge in [-0.05, 0) is 44.3 Å². The summed E-state index contributed by atoms with van der Waals surface area (Å²) < 4.78 is 0. The molecule has 2 atom stereocenters. The first kappa shape index (κ1) is 21.7. The first-order valence-electron chi connectivity index (χ1n) is 8.92. The minimum Gasteiger partial charge on any atom is -0.357 e. The Morgan fingerprint density at radius 3 is 2.92 bits per heavy atom. The zero-order valence-electron chi connectivity index (χ0n) is 15.5. The van der Waals surface area contributed by atoms with Gasteiger partial charge in [-0.25, -0.2) is 0 Å². The molecule has 0 aromatic carbocycles. The fourth-order valence-corrected chi connectivity index (χ4v) is 4.05. The summed E-state index contributed by atoms with van der Waals surface area (Å²) in [6.45, 7) is 11.9. The lowest BCUT2D eigenvalue weighted by molar-refractivity contribution is 0.232. The van der Waals surface area contributed by atoms with Crippen LogP contribution in [0.5, 0.6) is 0 Å². The molecule has 1 aromatic rings. The summed E-state index contributed by atoms with van der Waals surface area (Å²) in [7, 11) is 2.17. The Hall–Kier alpha value is -0.340. The Morgan fingerprint density at radius 1 is 1.50 bits per heavy atom. The Labute approximate surface area is 168 Å². The Morgan fingerprint density at radius 2 is 2.29 bits per heavy atom. The fourth-order valence-electron chi connectivity index (χ4n) is 3.28. The number of aliphatic imine (C=N–C) groups is 1. The van der Waals surface area contributed by atoms with Crippen LogP contribution >= 0.6 is 35.3 Å². The van der Waals surface area contributed by atoms with Crippen LogP contribution in [0, 0.1) is 0 Å². The molecule has 1 aliphatic heterocycles. The van der Waals surface area contributed by atoms with E-state index >= 15 is 0 Å². The normalized spacial score (nSPS) is 19.8. The van der Waals surface area contributed by atoms with Gasteiger partial charge in [-0.15, -0.1) is 35.3 Å². The van der Waals surface area contributed by atoms with Crippen molar-refractivity contribution in [2.24, 2.45) is 4.99 Å². The zero-order chi connectivity index (χ0) is 16.7. The summed E-state index contributed by atoms with van der Waals surface area (Å²) in [5, 5.41) is 5.60. The topological polar surface area (TPSA) is 30.9 Å². The van der Waals surface area contributed by atoms with Gasteiger partial charge >= 0.3 is 0 Å². The van der Waals surface area contributed by atoms with Gasteiger partial charge in [0.2, 0.25) is 0 Å². The van der Waals surface area contributed by atoms with E-state index in [2.05, 4.69) is 60.4 Å². The highest BCUT2D eigenvalue weighted by Crippen LogP contribution is 2.21. The van der Waals surface area contributed by atoms with E-state index in [9.17, 15) is 0 Å². The maximum absolute atomic E-state index is 4.88. The molecule has 1 saturated heterocycles. The summed E-state index contributed by atoms with van der Waals surface area (Å²) in [5.41, 5.74) is 0. The lowest BCUT2D eigenvalue weighted by Gasteiger charge is -2.30. The van der Waals surface area contributed by atoms with Gasteiger partial charge in [0.05, 0.1) is 6.54 Å². The smallest absolute Gasteiger partial charge is 0.193 e. The van der Waals surface area contributed by atoms with Gasteiger partial charge in [0.1, 0.15) is 0 Å². The summed E-state index contributed by atoms with van der Waals surface area (Å²) in [4.78, 5) is 11.2. The zero-order valence-corrected chi connectivity index (χ0v) is 18.6. The summed E-state index contributed by atoms with van der Waals surface area (Å²) >= 11 is 1.82. The van der Waals surface area contributed by atoms with Gasteiger partial charge in [0, 0.05) is 37.0 Å². The van der Waals surface area contributed by atoms with E-state index in [0.717, 1.165) is 32.1 Å². The van der Waals surface area contributed by atoms with Crippen LogP contribution in [0.4, 0.5) is 0 Å². The average molecular weight is 464 g/mol. The number of thiophene rings is 1.